The Bertz CT molecular complexity index is 2340. The molecule has 1 aromatic heterocycles. The third kappa shape index (κ3) is 27.8. The van der Waals surface area contributed by atoms with Crippen LogP contribution < -0.4 is 21.1 Å². The second-order valence-corrected chi connectivity index (χ2v) is 17.4. The number of aryl methyl sites for hydroxylation is 2. The number of aliphatic imine (C=N–C) groups is 1. The summed E-state index contributed by atoms with van der Waals surface area (Å²) in [5, 5.41) is 17.2. The Hall–Kier alpha value is -5.58. The van der Waals surface area contributed by atoms with Crippen LogP contribution in [0.5, 0.6) is 5.75 Å². The average Bonchev–Trinajstić information content (AvgIpc) is 3.50. The minimum atomic E-state index is -1.80. The topological polar surface area (TPSA) is 218 Å². The van der Waals surface area contributed by atoms with Gasteiger partial charge in [0.1, 0.15) is 5.82 Å². The molecule has 4 aromatic rings. The summed E-state index contributed by atoms with van der Waals surface area (Å²) in [4.78, 5) is 21.3. The number of benzene rings is 3. The van der Waals surface area contributed by atoms with Gasteiger partial charge >= 0.3 is 5.97 Å². The normalized spacial score (nSPS) is 11.6. The molecule has 0 aliphatic heterocycles. The van der Waals surface area contributed by atoms with Gasteiger partial charge in [-0.25, -0.2) is 13.8 Å². The zero-order valence-electron chi connectivity index (χ0n) is 44.9. The van der Waals surface area contributed by atoms with Crippen molar-refractivity contribution in [2.45, 2.75) is 64.7 Å². The second kappa shape index (κ2) is 41.5. The standard InChI is InChI=1S/C56H78F4N6O12/c1-2-3-5-12-45-40-47-44(13-9-15-50(47)66-55(45)62)11-6-4-7-17-63-56(65-46-14-8-10-43(39-46)42-61)64-18-20-69-22-24-71-26-28-73-30-32-75-34-36-77-38-37-76-35-33-74-31-29-72-27-25-70-23-21-68-19-16-51(67)78-54-52(59)48(57)41-49(58)53(54)60/h8-10,13-15,39-41H,2-7,11-12,16-38H2,1H3,(H2,62,66)(H2,63,64,65). The Morgan fingerprint density at radius 2 is 1.10 bits per heavy atom. The zero-order chi connectivity index (χ0) is 55.7. The van der Waals surface area contributed by atoms with E-state index in [0.29, 0.717) is 143 Å². The molecule has 0 aliphatic carbocycles. The van der Waals surface area contributed by atoms with Crippen LogP contribution in [0.2, 0.25) is 0 Å². The molecule has 0 aliphatic rings. The average molecular weight is 1100 g/mol. The summed E-state index contributed by atoms with van der Waals surface area (Å²) in [5.41, 5.74) is 11.0. The lowest BCUT2D eigenvalue weighted by atomic mass is 9.99. The molecule has 0 fully saturated rings. The van der Waals surface area contributed by atoms with Gasteiger partial charge in [0, 0.05) is 30.2 Å². The molecule has 0 radical (unpaired) electrons. The van der Waals surface area contributed by atoms with Crippen LogP contribution in [0.4, 0.5) is 29.1 Å². The number of nitriles is 1. The number of unbranched alkanes of at least 4 members (excludes halogenated alkanes) is 4. The van der Waals surface area contributed by atoms with E-state index in [-0.39, 0.29) is 25.9 Å². The van der Waals surface area contributed by atoms with E-state index >= 15 is 0 Å². The van der Waals surface area contributed by atoms with E-state index in [2.05, 4.69) is 46.6 Å². The zero-order valence-corrected chi connectivity index (χ0v) is 44.9. The number of pyridine rings is 1. The fourth-order valence-electron chi connectivity index (χ4n) is 7.32. The minimum Gasteiger partial charge on any atom is -0.420 e. The Labute approximate surface area is 455 Å². The number of rotatable bonds is 45. The molecule has 4 rings (SSSR count). The van der Waals surface area contributed by atoms with Gasteiger partial charge < -0.3 is 68.5 Å². The molecule has 0 bridgehead atoms. The number of guanidine groups is 1. The van der Waals surface area contributed by atoms with Crippen molar-refractivity contribution < 1.29 is 74.5 Å². The fraction of sp³-hybridized carbons (Fsp3) is 0.571. The predicted octanol–water partition coefficient (Wildman–Crippen LogP) is 7.91. The first-order valence-electron chi connectivity index (χ1n) is 26.7. The molecular formula is C56H78F4N6O12. The highest BCUT2D eigenvalue weighted by atomic mass is 19.2. The van der Waals surface area contributed by atoms with Crippen LogP contribution in [-0.4, -0.2) is 162 Å². The Kier molecular flexibility index (Phi) is 34.5. The Morgan fingerprint density at radius 1 is 0.603 bits per heavy atom. The maximum atomic E-state index is 13.6. The van der Waals surface area contributed by atoms with Gasteiger partial charge in [0.05, 0.1) is 156 Å². The maximum absolute atomic E-state index is 13.6. The summed E-state index contributed by atoms with van der Waals surface area (Å²) in [6.07, 6.45) is 7.98. The van der Waals surface area contributed by atoms with Crippen LogP contribution in [-0.2, 0) is 65.0 Å². The summed E-state index contributed by atoms with van der Waals surface area (Å²) in [5.74, 6) is -8.24. The SMILES string of the molecule is CCCCCc1cc2c(CCCCC/N=C(/NCCOCCOCCOCCOCCOCCOCCOCCOCCOCCOCCC(=O)Oc3c(F)c(F)cc(F)c3F)Nc3cccc(C#N)c3)cccc2nc1N. The second-order valence-electron chi connectivity index (χ2n) is 17.4. The number of anilines is 2. The molecule has 0 atom stereocenters. The number of nitrogens with one attached hydrogen (secondary N) is 2. The van der Waals surface area contributed by atoms with E-state index in [0.717, 1.165) is 55.3 Å². The van der Waals surface area contributed by atoms with Crippen LogP contribution in [0.15, 0.2) is 59.6 Å². The summed E-state index contributed by atoms with van der Waals surface area (Å²) >= 11 is 0. The van der Waals surface area contributed by atoms with Crippen molar-refractivity contribution in [3.8, 4) is 11.8 Å². The van der Waals surface area contributed by atoms with Gasteiger partial charge in [-0.2, -0.15) is 14.0 Å². The van der Waals surface area contributed by atoms with Crippen molar-refractivity contribution in [1.82, 2.24) is 10.3 Å². The van der Waals surface area contributed by atoms with Crippen LogP contribution in [0.3, 0.4) is 0 Å². The van der Waals surface area contributed by atoms with Crippen molar-refractivity contribution >= 4 is 34.3 Å². The maximum Gasteiger partial charge on any atom is 0.313 e. The Morgan fingerprint density at radius 3 is 1.64 bits per heavy atom. The minimum absolute atomic E-state index is 0.0180. The number of nitrogen functional groups attached to an aromatic ring is 1. The molecule has 3 aromatic carbocycles. The summed E-state index contributed by atoms with van der Waals surface area (Å²) in [7, 11) is 0. The van der Waals surface area contributed by atoms with Crippen molar-refractivity contribution in [2.24, 2.45) is 4.99 Å². The van der Waals surface area contributed by atoms with Crippen LogP contribution in [0.25, 0.3) is 10.9 Å². The first-order valence-corrected chi connectivity index (χ1v) is 26.7. The number of fused-ring (bicyclic) bond motifs is 1. The van der Waals surface area contributed by atoms with E-state index in [9.17, 15) is 27.6 Å². The fourth-order valence-corrected chi connectivity index (χ4v) is 7.32. The predicted molar refractivity (Wildman–Crippen MR) is 287 cm³/mol. The largest absolute Gasteiger partial charge is 0.420 e. The lowest BCUT2D eigenvalue weighted by Crippen LogP contribution is -2.34. The van der Waals surface area contributed by atoms with Gasteiger partial charge in [0.25, 0.3) is 0 Å². The number of nitrogens with two attached hydrogens (primary N) is 1. The van der Waals surface area contributed by atoms with E-state index in [1.54, 1.807) is 12.1 Å². The monoisotopic (exact) mass is 1100 g/mol. The van der Waals surface area contributed by atoms with E-state index in [4.69, 9.17) is 63.1 Å². The smallest absolute Gasteiger partial charge is 0.313 e. The molecule has 432 valence electrons. The first-order chi connectivity index (χ1) is 38.2. The van der Waals surface area contributed by atoms with Gasteiger partial charge in [-0.1, -0.05) is 44.4 Å². The molecule has 4 N–H and O–H groups in total. The highest BCUT2D eigenvalue weighted by Gasteiger charge is 2.23. The number of nitrogens with zero attached hydrogens (tertiary/aromatic N) is 3. The number of hydrogen-bond donors (Lipinski definition) is 3. The van der Waals surface area contributed by atoms with Crippen molar-refractivity contribution in [2.75, 3.05) is 156 Å². The highest BCUT2D eigenvalue weighted by Crippen LogP contribution is 2.27. The van der Waals surface area contributed by atoms with E-state index in [1.165, 1.54) is 23.8 Å². The number of carbonyl (C=O) groups excluding carboxylic acids is 1. The molecule has 0 unspecified atom stereocenters. The summed E-state index contributed by atoms with van der Waals surface area (Å²) in [6.45, 7) is 10.5. The van der Waals surface area contributed by atoms with Crippen molar-refractivity contribution in [1.29, 1.82) is 5.26 Å². The third-order valence-electron chi connectivity index (χ3n) is 11.4. The number of ether oxygens (including phenoxy) is 11. The van der Waals surface area contributed by atoms with E-state index in [1.807, 2.05) is 18.2 Å². The lowest BCUT2D eigenvalue weighted by molar-refractivity contribution is -0.136. The van der Waals surface area contributed by atoms with Crippen molar-refractivity contribution in [3.63, 3.8) is 0 Å². The molecule has 78 heavy (non-hydrogen) atoms. The number of halogens is 4. The quantitative estimate of drug-likeness (QED) is 0.00729. The van der Waals surface area contributed by atoms with Gasteiger partial charge in [-0.05, 0) is 73.6 Å². The van der Waals surface area contributed by atoms with Gasteiger partial charge in [-0.3, -0.25) is 9.79 Å². The van der Waals surface area contributed by atoms with Gasteiger partial charge in [0.15, 0.2) is 17.6 Å². The molecule has 1 heterocycles. The molecule has 22 heteroatoms. The summed E-state index contributed by atoms with van der Waals surface area (Å²) < 4.78 is 113. The number of esters is 1. The molecule has 0 saturated heterocycles. The van der Waals surface area contributed by atoms with Gasteiger partial charge in [0.2, 0.25) is 17.4 Å². The van der Waals surface area contributed by atoms with Gasteiger partial charge in [-0.15, -0.1) is 0 Å². The molecule has 0 spiro atoms. The Balaban J connectivity index is 0.884. The number of hydrogen-bond acceptors (Lipinski definition) is 16. The lowest BCUT2D eigenvalue weighted by Gasteiger charge is -2.13. The molecular weight excluding hydrogens is 1020 g/mol. The highest BCUT2D eigenvalue weighted by molar-refractivity contribution is 5.93. The van der Waals surface area contributed by atoms with Crippen LogP contribution in [0, 0.1) is 34.6 Å². The number of carbonyl (C=O) groups is 1. The van der Waals surface area contributed by atoms with Crippen LogP contribution in [0.1, 0.15) is 68.6 Å². The molecule has 0 saturated carbocycles. The molecule has 0 amide bonds. The van der Waals surface area contributed by atoms with Crippen molar-refractivity contribution in [3.05, 3.63) is 94.6 Å². The van der Waals surface area contributed by atoms with E-state index < -0.39 is 41.4 Å². The summed E-state index contributed by atoms with van der Waals surface area (Å²) in [6, 6.07) is 18.0. The molecule has 18 nitrogen and oxygen atoms in total. The number of aromatic nitrogens is 1. The third-order valence-corrected chi connectivity index (χ3v) is 11.4. The first kappa shape index (κ1) is 64.9. The van der Waals surface area contributed by atoms with Crippen LogP contribution >= 0.6 is 0 Å².